The van der Waals surface area contributed by atoms with Crippen LogP contribution in [0.3, 0.4) is 0 Å². The van der Waals surface area contributed by atoms with Crippen LogP contribution in [0.2, 0.25) is 0 Å². The second-order valence-electron chi connectivity index (χ2n) is 4.45. The first-order valence-electron chi connectivity index (χ1n) is 6.59. The van der Waals surface area contributed by atoms with Gasteiger partial charge in [0.15, 0.2) is 0 Å². The van der Waals surface area contributed by atoms with Crippen molar-refractivity contribution in [2.45, 2.75) is 13.3 Å². The number of halogens is 2. The van der Waals surface area contributed by atoms with Gasteiger partial charge in [0.2, 0.25) is 0 Å². The van der Waals surface area contributed by atoms with E-state index >= 15 is 0 Å². The molecule has 0 saturated carbocycles. The lowest BCUT2D eigenvalue weighted by Crippen LogP contribution is -2.12. The van der Waals surface area contributed by atoms with Gasteiger partial charge in [-0.1, -0.05) is 6.92 Å². The van der Waals surface area contributed by atoms with Crippen LogP contribution in [0, 0.1) is 5.82 Å². The lowest BCUT2D eigenvalue weighted by atomic mass is 10.2. The molecular formula is C16H15BrFNO2. The first kappa shape index (κ1) is 15.5. The van der Waals surface area contributed by atoms with E-state index in [1.807, 2.05) is 6.92 Å². The zero-order valence-electron chi connectivity index (χ0n) is 11.5. The van der Waals surface area contributed by atoms with Crippen LogP contribution in [-0.2, 0) is 0 Å². The summed E-state index contributed by atoms with van der Waals surface area (Å²) in [6, 6.07) is 11.1. The molecule has 2 aromatic carbocycles. The number of anilines is 1. The highest BCUT2D eigenvalue weighted by molar-refractivity contribution is 9.10. The Morgan fingerprint density at radius 3 is 2.57 bits per heavy atom. The number of benzene rings is 2. The van der Waals surface area contributed by atoms with Gasteiger partial charge in [0.1, 0.15) is 11.6 Å². The molecule has 0 aliphatic rings. The molecule has 0 aliphatic heterocycles. The third-order valence-corrected chi connectivity index (χ3v) is 3.42. The number of carbonyl (C=O) groups excluding carboxylic acids is 1. The third-order valence-electron chi connectivity index (χ3n) is 2.76. The van der Waals surface area contributed by atoms with Crippen LogP contribution in [0.15, 0.2) is 46.9 Å². The molecule has 0 bridgehead atoms. The molecule has 21 heavy (non-hydrogen) atoms. The molecule has 3 nitrogen and oxygen atoms in total. The molecule has 2 rings (SSSR count). The molecule has 110 valence electrons. The van der Waals surface area contributed by atoms with Gasteiger partial charge in [0, 0.05) is 10.2 Å². The van der Waals surface area contributed by atoms with Crippen LogP contribution < -0.4 is 10.1 Å². The summed E-state index contributed by atoms with van der Waals surface area (Å²) in [6.45, 7) is 2.70. The molecule has 0 spiro atoms. The second kappa shape index (κ2) is 7.22. The Bertz CT molecular complexity index is 629. The number of ether oxygens (including phenoxy) is 1. The zero-order chi connectivity index (χ0) is 15.2. The highest BCUT2D eigenvalue weighted by Crippen LogP contribution is 2.21. The fourth-order valence-electron chi connectivity index (χ4n) is 1.73. The first-order chi connectivity index (χ1) is 10.1. The maximum atomic E-state index is 13.0. The van der Waals surface area contributed by atoms with Crippen LogP contribution in [-0.4, -0.2) is 12.5 Å². The molecule has 0 aromatic heterocycles. The van der Waals surface area contributed by atoms with E-state index < -0.39 is 5.82 Å². The van der Waals surface area contributed by atoms with Gasteiger partial charge in [-0.15, -0.1) is 0 Å². The van der Waals surface area contributed by atoms with Crippen molar-refractivity contribution in [3.63, 3.8) is 0 Å². The monoisotopic (exact) mass is 351 g/mol. The largest absolute Gasteiger partial charge is 0.494 e. The number of hydrogen-bond acceptors (Lipinski definition) is 2. The van der Waals surface area contributed by atoms with Gasteiger partial charge < -0.3 is 10.1 Å². The van der Waals surface area contributed by atoms with Crippen molar-refractivity contribution in [2.24, 2.45) is 0 Å². The summed E-state index contributed by atoms with van der Waals surface area (Å²) >= 11 is 3.18. The molecule has 0 radical (unpaired) electrons. The molecule has 0 heterocycles. The van der Waals surface area contributed by atoms with Gasteiger partial charge in [0.25, 0.3) is 5.91 Å². The average molecular weight is 352 g/mol. The van der Waals surface area contributed by atoms with Crippen LogP contribution in [0.4, 0.5) is 10.1 Å². The van der Waals surface area contributed by atoms with Crippen molar-refractivity contribution < 1.29 is 13.9 Å². The zero-order valence-corrected chi connectivity index (χ0v) is 13.1. The molecule has 0 aliphatic carbocycles. The van der Waals surface area contributed by atoms with Crippen LogP contribution >= 0.6 is 15.9 Å². The Kier molecular flexibility index (Phi) is 5.33. The van der Waals surface area contributed by atoms with E-state index in [0.717, 1.165) is 12.2 Å². The summed E-state index contributed by atoms with van der Waals surface area (Å²) in [5.74, 6) is 0.0674. The smallest absolute Gasteiger partial charge is 0.256 e. The van der Waals surface area contributed by atoms with E-state index in [2.05, 4.69) is 21.2 Å². The number of hydrogen-bond donors (Lipinski definition) is 1. The molecule has 0 saturated heterocycles. The summed E-state index contributed by atoms with van der Waals surface area (Å²) in [7, 11) is 0. The lowest BCUT2D eigenvalue weighted by molar-refractivity contribution is 0.102. The lowest BCUT2D eigenvalue weighted by Gasteiger charge is -2.08. The maximum Gasteiger partial charge on any atom is 0.256 e. The van der Waals surface area contributed by atoms with E-state index in [4.69, 9.17) is 4.74 Å². The molecule has 0 unspecified atom stereocenters. The van der Waals surface area contributed by atoms with E-state index in [1.54, 1.807) is 24.3 Å². The Hall–Kier alpha value is -1.88. The minimum atomic E-state index is -0.393. The van der Waals surface area contributed by atoms with Crippen LogP contribution in [0.5, 0.6) is 5.75 Å². The quantitative estimate of drug-likeness (QED) is 0.852. The minimum absolute atomic E-state index is 0.302. The van der Waals surface area contributed by atoms with E-state index in [-0.39, 0.29) is 5.91 Å². The standard InChI is InChI=1S/C16H15BrFNO2/c1-2-9-21-13-6-4-12(5-7-13)19-16(20)14-8-3-11(18)10-15(14)17/h3-8,10H,2,9H2,1H3,(H,19,20). The highest BCUT2D eigenvalue weighted by atomic mass is 79.9. The van der Waals surface area contributed by atoms with Crippen molar-refractivity contribution in [1.29, 1.82) is 0 Å². The van der Waals surface area contributed by atoms with Crippen molar-refractivity contribution in [3.05, 3.63) is 58.3 Å². The number of nitrogens with one attached hydrogen (secondary N) is 1. The summed E-state index contributed by atoms with van der Waals surface area (Å²) in [5.41, 5.74) is 1.03. The molecule has 5 heteroatoms. The summed E-state index contributed by atoms with van der Waals surface area (Å²) < 4.78 is 18.9. The number of amides is 1. The van der Waals surface area contributed by atoms with Crippen molar-refractivity contribution in [2.75, 3.05) is 11.9 Å². The maximum absolute atomic E-state index is 13.0. The van der Waals surface area contributed by atoms with Crippen molar-refractivity contribution in [3.8, 4) is 5.75 Å². The van der Waals surface area contributed by atoms with Gasteiger partial charge in [-0.05, 0) is 64.8 Å². The topological polar surface area (TPSA) is 38.3 Å². The Labute approximate surface area is 131 Å². The Morgan fingerprint density at radius 2 is 1.95 bits per heavy atom. The summed E-state index contributed by atoms with van der Waals surface area (Å²) in [5, 5.41) is 2.75. The second-order valence-corrected chi connectivity index (χ2v) is 5.31. The molecular weight excluding hydrogens is 337 g/mol. The molecule has 2 aromatic rings. The average Bonchev–Trinajstić information content (AvgIpc) is 2.46. The van der Waals surface area contributed by atoms with E-state index in [0.29, 0.717) is 22.3 Å². The Balaban J connectivity index is 2.05. The molecule has 1 amide bonds. The highest BCUT2D eigenvalue weighted by Gasteiger charge is 2.11. The first-order valence-corrected chi connectivity index (χ1v) is 7.38. The SMILES string of the molecule is CCCOc1ccc(NC(=O)c2ccc(F)cc2Br)cc1. The number of rotatable bonds is 5. The Morgan fingerprint density at radius 1 is 1.24 bits per heavy atom. The van der Waals surface area contributed by atoms with Crippen LogP contribution in [0.25, 0.3) is 0 Å². The number of carbonyl (C=O) groups is 1. The van der Waals surface area contributed by atoms with Gasteiger partial charge in [-0.3, -0.25) is 4.79 Å². The molecule has 1 N–H and O–H groups in total. The van der Waals surface area contributed by atoms with Gasteiger partial charge in [-0.25, -0.2) is 4.39 Å². The summed E-state index contributed by atoms with van der Waals surface area (Å²) in [4.78, 5) is 12.1. The third kappa shape index (κ3) is 4.29. The van der Waals surface area contributed by atoms with Gasteiger partial charge in [-0.2, -0.15) is 0 Å². The predicted octanol–water partition coefficient (Wildman–Crippen LogP) is 4.63. The fourth-order valence-corrected chi connectivity index (χ4v) is 2.26. The molecule has 0 atom stereocenters. The fraction of sp³-hybridized carbons (Fsp3) is 0.188. The van der Waals surface area contributed by atoms with Crippen LogP contribution in [0.1, 0.15) is 23.7 Å². The summed E-state index contributed by atoms with van der Waals surface area (Å²) in [6.07, 6.45) is 0.942. The van der Waals surface area contributed by atoms with Gasteiger partial charge in [0.05, 0.1) is 12.2 Å². The predicted molar refractivity (Wildman–Crippen MR) is 84.3 cm³/mol. The van der Waals surface area contributed by atoms with E-state index in [1.165, 1.54) is 18.2 Å². The van der Waals surface area contributed by atoms with Crippen molar-refractivity contribution in [1.82, 2.24) is 0 Å². The van der Waals surface area contributed by atoms with Crippen molar-refractivity contribution >= 4 is 27.5 Å². The normalized spacial score (nSPS) is 10.2. The van der Waals surface area contributed by atoms with Gasteiger partial charge >= 0.3 is 0 Å². The minimum Gasteiger partial charge on any atom is -0.494 e. The molecule has 0 fully saturated rings. The van der Waals surface area contributed by atoms with E-state index in [9.17, 15) is 9.18 Å².